The molecule has 0 unspecified atom stereocenters. The summed E-state index contributed by atoms with van der Waals surface area (Å²) in [6.07, 6.45) is 1.58. The van der Waals surface area contributed by atoms with Crippen LogP contribution in [0.25, 0.3) is 17.4 Å². The Morgan fingerprint density at radius 1 is 1.22 bits per heavy atom. The van der Waals surface area contributed by atoms with Gasteiger partial charge in [0.2, 0.25) is 0 Å². The Morgan fingerprint density at radius 3 is 2.61 bits per heavy atom. The average molecular weight is 638 g/mol. The standard InChI is InChI=1S/C29H25BrN4O6S/c1-5-39-28(36)25-16(2)31-29-33(26(25)17-6-9-19(10-7-17)32(3)4)27(35)24(41-29)15-20-11-13-23(40-20)21-12-8-18(30)14-22(21)34(37)38/h6-15,26H,5H2,1-4H3/b24-15-/t26-/m1/s1. The van der Waals surface area contributed by atoms with Crippen molar-refractivity contribution in [3.05, 3.63) is 111 Å². The van der Waals surface area contributed by atoms with Gasteiger partial charge in [0.05, 0.1) is 38.9 Å². The first-order valence-corrected chi connectivity index (χ1v) is 14.2. The molecule has 0 fully saturated rings. The van der Waals surface area contributed by atoms with E-state index in [1.165, 1.54) is 22.0 Å². The van der Waals surface area contributed by atoms with Gasteiger partial charge in [-0.15, -0.1) is 0 Å². The van der Waals surface area contributed by atoms with Crippen LogP contribution < -0.4 is 19.8 Å². The number of nitro groups is 1. The van der Waals surface area contributed by atoms with E-state index in [4.69, 9.17) is 9.15 Å². The highest BCUT2D eigenvalue weighted by molar-refractivity contribution is 9.10. The number of hydrogen-bond donors (Lipinski definition) is 0. The van der Waals surface area contributed by atoms with Crippen LogP contribution in [0.5, 0.6) is 0 Å². The Kier molecular flexibility index (Phi) is 7.78. The Morgan fingerprint density at radius 2 is 1.95 bits per heavy atom. The van der Waals surface area contributed by atoms with E-state index in [-0.39, 0.29) is 17.9 Å². The molecule has 0 radical (unpaired) electrons. The number of nitrogens with zero attached hydrogens (tertiary/aromatic N) is 4. The number of rotatable bonds is 7. The molecular formula is C29H25BrN4O6S. The van der Waals surface area contributed by atoms with Gasteiger partial charge >= 0.3 is 5.97 Å². The summed E-state index contributed by atoms with van der Waals surface area (Å²) in [7, 11) is 3.86. The van der Waals surface area contributed by atoms with Crippen LogP contribution in [-0.2, 0) is 9.53 Å². The quantitative estimate of drug-likeness (QED) is 0.162. The molecule has 1 aliphatic heterocycles. The van der Waals surface area contributed by atoms with Crippen LogP contribution in [0.2, 0.25) is 0 Å². The summed E-state index contributed by atoms with van der Waals surface area (Å²) < 4.78 is 13.7. The molecule has 41 heavy (non-hydrogen) atoms. The Labute approximate surface area is 246 Å². The third-order valence-electron chi connectivity index (χ3n) is 6.56. The topological polar surface area (TPSA) is 120 Å². The van der Waals surface area contributed by atoms with E-state index < -0.39 is 16.9 Å². The number of carbonyl (C=O) groups excluding carboxylic acids is 1. The molecule has 2 aromatic heterocycles. The maximum atomic E-state index is 13.8. The first kappa shape index (κ1) is 28.2. The normalized spacial score (nSPS) is 15.0. The molecule has 0 spiro atoms. The molecule has 0 saturated carbocycles. The number of nitro benzene ring substituents is 1. The number of furan rings is 1. The number of fused-ring (bicyclic) bond motifs is 1. The fraction of sp³-hybridized carbons (Fsp3) is 0.207. The summed E-state index contributed by atoms with van der Waals surface area (Å²) in [5, 5.41) is 11.6. The summed E-state index contributed by atoms with van der Waals surface area (Å²) in [6.45, 7) is 3.64. The van der Waals surface area contributed by atoms with Crippen LogP contribution in [0.4, 0.5) is 11.4 Å². The molecule has 1 aliphatic rings. The van der Waals surface area contributed by atoms with E-state index in [0.29, 0.717) is 42.2 Å². The van der Waals surface area contributed by atoms with Gasteiger partial charge < -0.3 is 14.1 Å². The van der Waals surface area contributed by atoms with Crippen LogP contribution in [0, 0.1) is 10.1 Å². The highest BCUT2D eigenvalue weighted by atomic mass is 79.9. The van der Waals surface area contributed by atoms with Crippen molar-refractivity contribution >= 4 is 50.7 Å². The van der Waals surface area contributed by atoms with Crippen molar-refractivity contribution in [1.82, 2.24) is 4.57 Å². The lowest BCUT2D eigenvalue weighted by Gasteiger charge is -2.25. The van der Waals surface area contributed by atoms with Gasteiger partial charge in [0, 0.05) is 36.4 Å². The van der Waals surface area contributed by atoms with Crippen LogP contribution in [0.3, 0.4) is 0 Å². The van der Waals surface area contributed by atoms with Crippen LogP contribution in [0.1, 0.15) is 31.2 Å². The second-order valence-corrected chi connectivity index (χ2v) is 11.3. The second kappa shape index (κ2) is 11.3. The predicted octanol–water partition coefficient (Wildman–Crippen LogP) is 4.80. The molecule has 4 aromatic rings. The minimum atomic E-state index is -0.735. The van der Waals surface area contributed by atoms with Gasteiger partial charge in [-0.05, 0) is 55.8 Å². The molecule has 0 saturated heterocycles. The highest BCUT2D eigenvalue weighted by Gasteiger charge is 2.33. The lowest BCUT2D eigenvalue weighted by Crippen LogP contribution is -2.39. The third-order valence-corrected chi connectivity index (χ3v) is 8.04. The molecule has 1 atom stereocenters. The van der Waals surface area contributed by atoms with Crippen molar-refractivity contribution < 1.29 is 18.9 Å². The molecule has 3 heterocycles. The zero-order valence-corrected chi connectivity index (χ0v) is 25.0. The number of halogens is 1. The number of esters is 1. The lowest BCUT2D eigenvalue weighted by molar-refractivity contribution is -0.384. The number of benzene rings is 2. The SMILES string of the molecule is CCOC(=O)C1=C(C)N=c2s/c(=C\c3ccc(-c4ccc(Br)cc4[N+](=O)[O-])o3)c(=O)n2[C@@H]1c1ccc(N(C)C)cc1. The number of ether oxygens (including phenoxy) is 1. The maximum Gasteiger partial charge on any atom is 0.338 e. The molecule has 10 nitrogen and oxygen atoms in total. The zero-order valence-electron chi connectivity index (χ0n) is 22.6. The molecule has 12 heteroatoms. The number of allylic oxidation sites excluding steroid dienone is 1. The Balaban J connectivity index is 1.63. The van der Waals surface area contributed by atoms with Gasteiger partial charge in [-0.25, -0.2) is 9.79 Å². The summed E-state index contributed by atoms with van der Waals surface area (Å²) in [5.41, 5.74) is 2.34. The number of carbonyl (C=O) groups is 1. The summed E-state index contributed by atoms with van der Waals surface area (Å²) in [4.78, 5) is 45.0. The van der Waals surface area contributed by atoms with Gasteiger partial charge in [0.1, 0.15) is 11.5 Å². The maximum absolute atomic E-state index is 13.8. The largest absolute Gasteiger partial charge is 0.463 e. The average Bonchev–Trinajstić information content (AvgIpc) is 3.52. The number of thiazole rings is 1. The first-order chi connectivity index (χ1) is 19.6. The van der Waals surface area contributed by atoms with E-state index in [1.54, 1.807) is 44.2 Å². The van der Waals surface area contributed by atoms with Crippen LogP contribution >= 0.6 is 27.3 Å². The van der Waals surface area contributed by atoms with Crippen molar-refractivity contribution in [3.63, 3.8) is 0 Å². The van der Waals surface area contributed by atoms with Gasteiger partial charge in [-0.1, -0.05) is 39.4 Å². The minimum Gasteiger partial charge on any atom is -0.463 e. The molecule has 210 valence electrons. The fourth-order valence-corrected chi connectivity index (χ4v) is 6.01. The molecule has 2 aromatic carbocycles. The highest BCUT2D eigenvalue weighted by Crippen LogP contribution is 2.34. The number of hydrogen-bond acceptors (Lipinski definition) is 9. The van der Waals surface area contributed by atoms with E-state index in [1.807, 2.05) is 43.3 Å². The third kappa shape index (κ3) is 5.40. The Hall–Kier alpha value is -4.29. The van der Waals surface area contributed by atoms with Crippen LogP contribution in [-0.4, -0.2) is 36.2 Å². The van der Waals surface area contributed by atoms with E-state index in [0.717, 1.165) is 11.3 Å². The van der Waals surface area contributed by atoms with E-state index in [2.05, 4.69) is 20.9 Å². The van der Waals surface area contributed by atoms with Crippen LogP contribution in [0.15, 0.2) is 84.5 Å². The molecule has 0 amide bonds. The molecule has 0 aliphatic carbocycles. The number of aromatic nitrogens is 1. The van der Waals surface area contributed by atoms with Crippen molar-refractivity contribution in [2.75, 3.05) is 25.6 Å². The van der Waals surface area contributed by atoms with E-state index in [9.17, 15) is 19.7 Å². The summed E-state index contributed by atoms with van der Waals surface area (Å²) >= 11 is 4.43. The van der Waals surface area contributed by atoms with Crippen molar-refractivity contribution in [1.29, 1.82) is 0 Å². The summed E-state index contributed by atoms with van der Waals surface area (Å²) in [5.74, 6) is 0.106. The smallest absolute Gasteiger partial charge is 0.338 e. The molecule has 5 rings (SSSR count). The summed E-state index contributed by atoms with van der Waals surface area (Å²) in [6, 6.07) is 14.9. The Bertz CT molecular complexity index is 1880. The van der Waals surface area contributed by atoms with Crippen molar-refractivity contribution in [2.45, 2.75) is 19.9 Å². The second-order valence-electron chi connectivity index (χ2n) is 9.41. The lowest BCUT2D eigenvalue weighted by atomic mass is 9.95. The van der Waals surface area contributed by atoms with E-state index >= 15 is 0 Å². The van der Waals surface area contributed by atoms with Crippen molar-refractivity contribution in [3.8, 4) is 11.3 Å². The van der Waals surface area contributed by atoms with Gasteiger partial charge in [0.25, 0.3) is 11.2 Å². The van der Waals surface area contributed by atoms with Gasteiger partial charge in [-0.2, -0.15) is 0 Å². The minimum absolute atomic E-state index is 0.109. The number of anilines is 1. The predicted molar refractivity (Wildman–Crippen MR) is 160 cm³/mol. The zero-order chi connectivity index (χ0) is 29.4. The first-order valence-electron chi connectivity index (χ1n) is 12.6. The van der Waals surface area contributed by atoms with Gasteiger partial charge in [0.15, 0.2) is 4.80 Å². The fourth-order valence-electron chi connectivity index (χ4n) is 4.63. The van der Waals surface area contributed by atoms with Crippen molar-refractivity contribution in [2.24, 2.45) is 4.99 Å². The molecule has 0 N–H and O–H groups in total. The van der Waals surface area contributed by atoms with Gasteiger partial charge in [-0.3, -0.25) is 19.5 Å². The monoisotopic (exact) mass is 636 g/mol. The molecular weight excluding hydrogens is 612 g/mol. The molecule has 0 bridgehead atoms.